The molecule has 2 heterocycles. The maximum Gasteiger partial charge on any atom is 0.410 e. The molecule has 160 valence electrons. The van der Waals surface area contributed by atoms with Crippen LogP contribution < -0.4 is 0 Å². The van der Waals surface area contributed by atoms with Gasteiger partial charge in [0.1, 0.15) is 10.3 Å². The number of sulfone groups is 1. The molecule has 0 spiro atoms. The molecule has 4 aliphatic rings. The Kier molecular flexibility index (Phi) is 4.10. The number of carbonyl (C=O) groups excluding carboxylic acids is 1. The average molecular weight is 422 g/mol. The number of ether oxygens (including phenoxy) is 1. The third-order valence-electron chi connectivity index (χ3n) is 6.71. The summed E-state index contributed by atoms with van der Waals surface area (Å²) >= 11 is 0. The van der Waals surface area contributed by atoms with Gasteiger partial charge in [-0.3, -0.25) is 4.90 Å². The number of rotatable bonds is 2. The summed E-state index contributed by atoms with van der Waals surface area (Å²) in [4.78, 5) is 14.8. The van der Waals surface area contributed by atoms with Crippen molar-refractivity contribution in [2.45, 2.75) is 81.9 Å². The van der Waals surface area contributed by atoms with E-state index in [4.69, 9.17) is 4.74 Å². The summed E-state index contributed by atoms with van der Waals surface area (Å²) in [6, 6.07) is 5.74. The highest BCUT2D eigenvalue weighted by Gasteiger charge is 2.94. The van der Waals surface area contributed by atoms with Crippen molar-refractivity contribution < 1.29 is 23.1 Å². The second-order valence-electron chi connectivity index (χ2n) is 10.9. The molecule has 2 saturated heterocycles. The van der Waals surface area contributed by atoms with Crippen LogP contribution >= 0.6 is 0 Å². The molecule has 7 heteroatoms. The zero-order chi connectivity index (χ0) is 21.7. The molecule has 6 atom stereocenters. The van der Waals surface area contributed by atoms with Crippen LogP contribution in [0.3, 0.4) is 0 Å². The quantitative estimate of drug-likeness (QED) is 0.793. The Balaban J connectivity index is 1.83. The number of piperidine rings is 2. The van der Waals surface area contributed by atoms with Crippen LogP contribution in [0.4, 0.5) is 4.79 Å². The van der Waals surface area contributed by atoms with E-state index < -0.39 is 55.8 Å². The highest BCUT2D eigenvalue weighted by atomic mass is 32.2. The molecule has 1 amide bonds. The molecule has 29 heavy (non-hydrogen) atoms. The summed E-state index contributed by atoms with van der Waals surface area (Å²) in [6.07, 6.45) is -1.40. The molecule has 1 N–H and O–H groups in total. The fourth-order valence-electron chi connectivity index (χ4n) is 5.98. The van der Waals surface area contributed by atoms with E-state index in [9.17, 15) is 18.3 Å². The number of benzene rings is 1. The lowest BCUT2D eigenvalue weighted by Gasteiger charge is -2.36. The van der Waals surface area contributed by atoms with Gasteiger partial charge in [-0.1, -0.05) is 38.5 Å². The van der Waals surface area contributed by atoms with Gasteiger partial charge in [0.15, 0.2) is 9.84 Å². The molecule has 2 saturated carbocycles. The summed E-state index contributed by atoms with van der Waals surface area (Å²) in [6.45, 7) is 13.2. The monoisotopic (exact) mass is 421 g/mol. The van der Waals surface area contributed by atoms with Gasteiger partial charge in [0.25, 0.3) is 0 Å². The van der Waals surface area contributed by atoms with E-state index in [0.29, 0.717) is 0 Å². The molecule has 0 aromatic heterocycles. The summed E-state index contributed by atoms with van der Waals surface area (Å²) in [7, 11) is -3.77. The largest absolute Gasteiger partial charge is 0.444 e. The number of aliphatic hydroxyl groups is 1. The zero-order valence-corrected chi connectivity index (χ0v) is 18.9. The summed E-state index contributed by atoms with van der Waals surface area (Å²) in [5.74, 6) is -0.852. The van der Waals surface area contributed by atoms with Gasteiger partial charge in [-0.05, 0) is 45.2 Å². The Bertz CT molecular complexity index is 956. The Morgan fingerprint density at radius 2 is 1.66 bits per heavy atom. The van der Waals surface area contributed by atoms with Crippen LogP contribution in [-0.4, -0.2) is 53.1 Å². The minimum Gasteiger partial charge on any atom is -0.444 e. The standard InChI is InChI=1S/C22H31NO5S/c1-12-8-10-13(11-9-12)29(26,27)22-14-16(24)15(17(22)20(2,3)4)23(18(14)22)19(25)28-21(5,6)7/h8-11,14-18,24H,1-7H3/t14?,15-,16-,17+,18+,22+/m1/s1. The Hall–Kier alpha value is -1.60. The van der Waals surface area contributed by atoms with Crippen LogP contribution in [0.1, 0.15) is 47.1 Å². The van der Waals surface area contributed by atoms with Gasteiger partial charge in [0.05, 0.1) is 23.1 Å². The van der Waals surface area contributed by atoms with Crippen LogP contribution in [0.2, 0.25) is 0 Å². The van der Waals surface area contributed by atoms with E-state index in [0.717, 1.165) is 5.56 Å². The van der Waals surface area contributed by atoms with Crippen molar-refractivity contribution in [3.05, 3.63) is 29.8 Å². The number of hydrogen-bond donors (Lipinski definition) is 1. The van der Waals surface area contributed by atoms with E-state index in [2.05, 4.69) is 0 Å². The van der Waals surface area contributed by atoms with E-state index in [1.54, 1.807) is 45.0 Å². The van der Waals surface area contributed by atoms with Crippen molar-refractivity contribution in [2.75, 3.05) is 0 Å². The van der Waals surface area contributed by atoms with Crippen molar-refractivity contribution >= 4 is 15.9 Å². The summed E-state index contributed by atoms with van der Waals surface area (Å²) in [5.41, 5.74) is -0.129. The summed E-state index contributed by atoms with van der Waals surface area (Å²) < 4.78 is 32.2. The molecule has 0 radical (unpaired) electrons. The number of hydrogen-bond acceptors (Lipinski definition) is 5. The topological polar surface area (TPSA) is 83.9 Å². The van der Waals surface area contributed by atoms with E-state index in [-0.39, 0.29) is 10.8 Å². The molecule has 1 aromatic rings. The Morgan fingerprint density at radius 3 is 2.14 bits per heavy atom. The van der Waals surface area contributed by atoms with Crippen molar-refractivity contribution in [1.82, 2.24) is 4.90 Å². The lowest BCUT2D eigenvalue weighted by molar-refractivity contribution is 0.00845. The fraction of sp³-hybridized carbons (Fsp3) is 0.682. The highest BCUT2D eigenvalue weighted by Crippen LogP contribution is 2.77. The maximum atomic E-state index is 13.9. The first kappa shape index (κ1) is 20.7. The molecule has 6 nitrogen and oxygen atoms in total. The van der Waals surface area contributed by atoms with Gasteiger partial charge in [-0.2, -0.15) is 0 Å². The van der Waals surface area contributed by atoms with Crippen LogP contribution in [-0.2, 0) is 14.6 Å². The van der Waals surface area contributed by atoms with Crippen LogP contribution in [0.25, 0.3) is 0 Å². The highest BCUT2D eigenvalue weighted by molar-refractivity contribution is 7.93. The normalized spacial score (nSPS) is 35.7. The van der Waals surface area contributed by atoms with Gasteiger partial charge >= 0.3 is 6.09 Å². The zero-order valence-electron chi connectivity index (χ0n) is 18.1. The van der Waals surface area contributed by atoms with Gasteiger partial charge in [-0.25, -0.2) is 13.2 Å². The van der Waals surface area contributed by atoms with E-state index in [1.807, 2.05) is 27.7 Å². The minimum absolute atomic E-state index is 0.253. The number of aliphatic hydroxyl groups excluding tert-OH is 1. The van der Waals surface area contributed by atoms with Crippen LogP contribution in [0.15, 0.2) is 29.2 Å². The Labute approximate surface area is 173 Å². The lowest BCUT2D eigenvalue weighted by Crippen LogP contribution is -2.46. The summed E-state index contributed by atoms with van der Waals surface area (Å²) in [5, 5.41) is 11.0. The smallest absolute Gasteiger partial charge is 0.410 e. The molecule has 2 aliphatic carbocycles. The van der Waals surface area contributed by atoms with Crippen molar-refractivity contribution in [3.8, 4) is 0 Å². The van der Waals surface area contributed by atoms with Crippen LogP contribution in [0.5, 0.6) is 0 Å². The molecule has 4 fully saturated rings. The molecule has 4 bridgehead atoms. The predicted molar refractivity (Wildman–Crippen MR) is 109 cm³/mol. The average Bonchev–Trinajstić information content (AvgIpc) is 2.83. The van der Waals surface area contributed by atoms with Crippen molar-refractivity contribution in [2.24, 2.45) is 17.3 Å². The second kappa shape index (κ2) is 5.76. The molecule has 1 aromatic carbocycles. The molecular weight excluding hydrogens is 390 g/mol. The SMILES string of the molecule is Cc1ccc(S(=O)(=O)[C@@]23C4[C@@H](O)[C@H]([C@H]2C(C)(C)C)N(C(=O)OC(C)(C)C)[C@@H]43)cc1. The van der Waals surface area contributed by atoms with Gasteiger partial charge in [0, 0.05) is 11.8 Å². The van der Waals surface area contributed by atoms with Crippen molar-refractivity contribution in [3.63, 3.8) is 0 Å². The number of carbonyl (C=O) groups is 1. The molecule has 5 rings (SSSR count). The minimum atomic E-state index is -3.77. The molecule has 2 aliphatic heterocycles. The van der Waals surface area contributed by atoms with Crippen molar-refractivity contribution in [1.29, 1.82) is 0 Å². The van der Waals surface area contributed by atoms with E-state index >= 15 is 0 Å². The Morgan fingerprint density at radius 1 is 1.10 bits per heavy atom. The predicted octanol–water partition coefficient (Wildman–Crippen LogP) is 3.16. The second-order valence-corrected chi connectivity index (χ2v) is 13.0. The third-order valence-corrected chi connectivity index (χ3v) is 9.31. The lowest BCUT2D eigenvalue weighted by atomic mass is 9.76. The van der Waals surface area contributed by atoms with Gasteiger partial charge in [0.2, 0.25) is 0 Å². The maximum absolute atomic E-state index is 13.9. The van der Waals surface area contributed by atoms with Gasteiger partial charge in [-0.15, -0.1) is 0 Å². The third kappa shape index (κ3) is 2.56. The number of nitrogens with zero attached hydrogens (tertiary/aromatic N) is 1. The molecule has 1 unspecified atom stereocenters. The first-order valence-corrected chi connectivity index (χ1v) is 11.6. The van der Waals surface area contributed by atoms with Crippen LogP contribution in [0, 0.1) is 24.2 Å². The first-order chi connectivity index (χ1) is 13.2. The number of amides is 1. The molecular formula is C22H31NO5S. The number of aryl methyl sites for hydroxylation is 1. The fourth-order valence-corrected chi connectivity index (χ4v) is 8.85. The van der Waals surface area contributed by atoms with E-state index in [1.165, 1.54) is 4.90 Å². The van der Waals surface area contributed by atoms with Gasteiger partial charge < -0.3 is 9.84 Å². The first-order valence-electron chi connectivity index (χ1n) is 10.2.